The largest absolute Gasteiger partial charge is 0.341 e. The van der Waals surface area contributed by atoms with Crippen LogP contribution in [0, 0.1) is 11.8 Å². The fourth-order valence-corrected chi connectivity index (χ4v) is 3.69. The molecule has 0 bridgehead atoms. The summed E-state index contributed by atoms with van der Waals surface area (Å²) in [5.41, 5.74) is 0. The molecule has 1 saturated carbocycles. The maximum Gasteiger partial charge on any atom is 0.244 e. The van der Waals surface area contributed by atoms with Crippen LogP contribution >= 0.6 is 0 Å². The first-order valence-corrected chi connectivity index (χ1v) is 8.98. The van der Waals surface area contributed by atoms with Crippen molar-refractivity contribution >= 4 is 5.91 Å². The van der Waals surface area contributed by atoms with Gasteiger partial charge in [0.1, 0.15) is 0 Å². The number of nitrogens with zero attached hydrogens (tertiary/aromatic N) is 4. The monoisotopic (exact) mass is 318 g/mol. The number of amides is 1. The van der Waals surface area contributed by atoms with E-state index in [1.165, 1.54) is 25.8 Å². The quantitative estimate of drug-likeness (QED) is 0.833. The van der Waals surface area contributed by atoms with Gasteiger partial charge in [-0.15, -0.1) is 0 Å². The highest BCUT2D eigenvalue weighted by molar-refractivity contribution is 5.79. The summed E-state index contributed by atoms with van der Waals surface area (Å²) >= 11 is 0. The average Bonchev–Trinajstić information content (AvgIpc) is 2.96. The Bertz CT molecular complexity index is 575. The van der Waals surface area contributed by atoms with E-state index in [-0.39, 0.29) is 17.7 Å². The molecule has 2 saturated heterocycles. The Morgan fingerprint density at radius 3 is 2.78 bits per heavy atom. The van der Waals surface area contributed by atoms with E-state index in [9.17, 15) is 4.79 Å². The molecule has 1 amide bonds. The minimum absolute atomic E-state index is 0.0613. The van der Waals surface area contributed by atoms with Gasteiger partial charge in [-0.05, 0) is 38.1 Å². The van der Waals surface area contributed by atoms with Crippen LogP contribution in [-0.4, -0.2) is 52.0 Å². The number of likely N-dealkylation sites (tertiary alicyclic amines) is 2. The van der Waals surface area contributed by atoms with E-state index in [0.29, 0.717) is 6.04 Å². The van der Waals surface area contributed by atoms with Crippen molar-refractivity contribution in [3.8, 4) is 0 Å². The van der Waals surface area contributed by atoms with Gasteiger partial charge in [-0.25, -0.2) is 0 Å². The summed E-state index contributed by atoms with van der Waals surface area (Å²) in [5.74, 6) is 2.98. The SMILES string of the molecule is CC(C)C(=O)N1CC(c2noc(C3CCCN3CC3CC3)n2)C1. The van der Waals surface area contributed by atoms with Gasteiger partial charge in [-0.3, -0.25) is 9.69 Å². The second-order valence-electron chi connectivity index (χ2n) is 7.68. The van der Waals surface area contributed by atoms with Crippen molar-refractivity contribution in [1.82, 2.24) is 19.9 Å². The second-order valence-corrected chi connectivity index (χ2v) is 7.68. The Hall–Kier alpha value is -1.43. The first kappa shape index (κ1) is 15.1. The zero-order valence-electron chi connectivity index (χ0n) is 14.1. The van der Waals surface area contributed by atoms with Gasteiger partial charge in [0.15, 0.2) is 5.82 Å². The van der Waals surface area contributed by atoms with Crippen molar-refractivity contribution in [3.63, 3.8) is 0 Å². The lowest BCUT2D eigenvalue weighted by Gasteiger charge is -2.38. The number of hydrogen-bond acceptors (Lipinski definition) is 5. The van der Waals surface area contributed by atoms with Gasteiger partial charge in [-0.2, -0.15) is 4.98 Å². The van der Waals surface area contributed by atoms with Crippen LogP contribution in [0.4, 0.5) is 0 Å². The average molecular weight is 318 g/mol. The van der Waals surface area contributed by atoms with Gasteiger partial charge in [0, 0.05) is 25.6 Å². The molecule has 23 heavy (non-hydrogen) atoms. The first-order valence-electron chi connectivity index (χ1n) is 8.98. The summed E-state index contributed by atoms with van der Waals surface area (Å²) in [7, 11) is 0. The molecule has 6 heteroatoms. The summed E-state index contributed by atoms with van der Waals surface area (Å²) in [5, 5.41) is 4.20. The molecule has 1 aliphatic carbocycles. The van der Waals surface area contributed by atoms with Gasteiger partial charge < -0.3 is 9.42 Å². The predicted molar refractivity (Wildman–Crippen MR) is 84.7 cm³/mol. The van der Waals surface area contributed by atoms with Crippen molar-refractivity contribution in [1.29, 1.82) is 0 Å². The van der Waals surface area contributed by atoms with Gasteiger partial charge in [-0.1, -0.05) is 19.0 Å². The van der Waals surface area contributed by atoms with Crippen LogP contribution in [-0.2, 0) is 4.79 Å². The van der Waals surface area contributed by atoms with E-state index in [1.807, 2.05) is 18.7 Å². The maximum atomic E-state index is 11.9. The molecular weight excluding hydrogens is 292 g/mol. The fourth-order valence-electron chi connectivity index (χ4n) is 3.69. The zero-order valence-corrected chi connectivity index (χ0v) is 14.1. The molecule has 1 aromatic rings. The molecule has 4 rings (SSSR count). The van der Waals surface area contributed by atoms with Gasteiger partial charge in [0.2, 0.25) is 11.8 Å². The molecule has 0 N–H and O–H groups in total. The van der Waals surface area contributed by atoms with Crippen LogP contribution in [0.25, 0.3) is 0 Å². The van der Waals surface area contributed by atoms with Crippen molar-refractivity contribution in [2.45, 2.75) is 51.5 Å². The topological polar surface area (TPSA) is 62.5 Å². The van der Waals surface area contributed by atoms with Crippen molar-refractivity contribution in [3.05, 3.63) is 11.7 Å². The third-order valence-corrected chi connectivity index (χ3v) is 5.35. The predicted octanol–water partition coefficient (Wildman–Crippen LogP) is 2.20. The van der Waals surface area contributed by atoms with Crippen molar-refractivity contribution < 1.29 is 9.32 Å². The zero-order chi connectivity index (χ0) is 16.0. The number of hydrogen-bond donors (Lipinski definition) is 0. The second kappa shape index (κ2) is 5.89. The van der Waals surface area contributed by atoms with E-state index in [0.717, 1.165) is 43.7 Å². The van der Waals surface area contributed by atoms with E-state index in [2.05, 4.69) is 15.0 Å². The molecular formula is C17H26N4O2. The number of rotatable bonds is 5. The van der Waals surface area contributed by atoms with E-state index >= 15 is 0 Å². The van der Waals surface area contributed by atoms with E-state index in [1.54, 1.807) is 0 Å². The smallest absolute Gasteiger partial charge is 0.244 e. The molecule has 1 atom stereocenters. The van der Waals surface area contributed by atoms with Gasteiger partial charge >= 0.3 is 0 Å². The lowest BCUT2D eigenvalue weighted by Crippen LogP contribution is -2.50. The van der Waals surface area contributed by atoms with Crippen molar-refractivity contribution in [2.75, 3.05) is 26.2 Å². The molecule has 0 radical (unpaired) electrons. The lowest BCUT2D eigenvalue weighted by atomic mass is 9.97. The maximum absolute atomic E-state index is 11.9. The molecule has 0 aromatic carbocycles. The molecule has 0 spiro atoms. The molecule has 1 unspecified atom stereocenters. The van der Waals surface area contributed by atoms with Crippen LogP contribution in [0.1, 0.15) is 63.2 Å². The molecule has 1 aromatic heterocycles. The minimum Gasteiger partial charge on any atom is -0.341 e. The van der Waals surface area contributed by atoms with Crippen LogP contribution in [0.2, 0.25) is 0 Å². The molecule has 3 aliphatic rings. The van der Waals surface area contributed by atoms with E-state index < -0.39 is 0 Å². The lowest BCUT2D eigenvalue weighted by molar-refractivity contribution is -0.139. The summed E-state index contributed by atoms with van der Waals surface area (Å²) in [6, 6.07) is 0.310. The normalized spacial score (nSPS) is 26.0. The summed E-state index contributed by atoms with van der Waals surface area (Å²) in [4.78, 5) is 21.0. The molecule has 3 heterocycles. The Balaban J connectivity index is 1.37. The highest BCUT2D eigenvalue weighted by Crippen LogP contribution is 2.37. The van der Waals surface area contributed by atoms with Crippen LogP contribution in [0.5, 0.6) is 0 Å². The highest BCUT2D eigenvalue weighted by Gasteiger charge is 2.38. The van der Waals surface area contributed by atoms with Crippen LogP contribution < -0.4 is 0 Å². The molecule has 3 fully saturated rings. The summed E-state index contributed by atoms with van der Waals surface area (Å²) in [6.45, 7) is 7.67. The summed E-state index contributed by atoms with van der Waals surface area (Å²) < 4.78 is 5.57. The Morgan fingerprint density at radius 2 is 2.09 bits per heavy atom. The third-order valence-electron chi connectivity index (χ3n) is 5.35. The molecule has 6 nitrogen and oxygen atoms in total. The fraction of sp³-hybridized carbons (Fsp3) is 0.824. The minimum atomic E-state index is 0.0613. The number of carbonyl (C=O) groups is 1. The Labute approximate surface area is 137 Å². The number of aromatic nitrogens is 2. The summed E-state index contributed by atoms with van der Waals surface area (Å²) in [6.07, 6.45) is 5.09. The van der Waals surface area contributed by atoms with Gasteiger partial charge in [0.05, 0.1) is 12.0 Å². The van der Waals surface area contributed by atoms with Crippen molar-refractivity contribution in [2.24, 2.45) is 11.8 Å². The Kier molecular flexibility index (Phi) is 3.87. The number of carbonyl (C=O) groups excluding carboxylic acids is 1. The van der Waals surface area contributed by atoms with E-state index in [4.69, 9.17) is 4.52 Å². The van der Waals surface area contributed by atoms with Crippen LogP contribution in [0.15, 0.2) is 4.52 Å². The van der Waals surface area contributed by atoms with Crippen LogP contribution in [0.3, 0.4) is 0 Å². The highest BCUT2D eigenvalue weighted by atomic mass is 16.5. The molecule has 126 valence electrons. The van der Waals surface area contributed by atoms with Gasteiger partial charge in [0.25, 0.3) is 0 Å². The standard InChI is InChI=1S/C17H26N4O2/c1-11(2)17(22)21-9-13(10-21)15-18-16(23-19-15)14-4-3-7-20(14)8-12-5-6-12/h11-14H,3-10H2,1-2H3. The molecule has 2 aliphatic heterocycles. The Morgan fingerprint density at radius 1 is 1.30 bits per heavy atom. The third kappa shape index (κ3) is 3.01. The first-order chi connectivity index (χ1) is 11.1.